The quantitative estimate of drug-likeness (QED) is 0.754. The van der Waals surface area contributed by atoms with Crippen molar-refractivity contribution in [1.82, 2.24) is 0 Å². The first kappa shape index (κ1) is 13.2. The van der Waals surface area contributed by atoms with Crippen molar-refractivity contribution < 1.29 is 19.1 Å². The molecule has 0 heterocycles. The summed E-state index contributed by atoms with van der Waals surface area (Å²) in [6, 6.07) is 4.84. The summed E-state index contributed by atoms with van der Waals surface area (Å²) >= 11 is 0. The molecule has 1 aromatic rings. The van der Waals surface area contributed by atoms with Crippen LogP contribution in [-0.2, 0) is 9.47 Å². The lowest BCUT2D eigenvalue weighted by molar-refractivity contribution is 0.0599. The second-order valence-electron chi connectivity index (χ2n) is 3.78. The minimum Gasteiger partial charge on any atom is -0.465 e. The second kappa shape index (κ2) is 5.48. The molecule has 1 rings (SSSR count). The van der Waals surface area contributed by atoms with Crippen LogP contribution < -0.4 is 0 Å². The van der Waals surface area contributed by atoms with Crippen molar-refractivity contribution in [3.05, 3.63) is 40.8 Å². The Bertz CT molecular complexity index is 401. The van der Waals surface area contributed by atoms with Gasteiger partial charge in [-0.05, 0) is 29.7 Å². The highest BCUT2D eigenvalue weighted by molar-refractivity contribution is 5.95. The average molecular weight is 235 g/mol. The number of benzene rings is 1. The van der Waals surface area contributed by atoms with Crippen molar-refractivity contribution in [2.24, 2.45) is 0 Å². The SMILES string of the molecule is COC(=O)c1cc([C](C)C)cc(C(=O)OC)c1. The molecule has 0 N–H and O–H groups in total. The van der Waals surface area contributed by atoms with Crippen molar-refractivity contribution in [1.29, 1.82) is 0 Å². The number of carbonyl (C=O) groups is 2. The van der Waals surface area contributed by atoms with E-state index in [0.29, 0.717) is 11.1 Å². The minimum absolute atomic E-state index is 0.339. The van der Waals surface area contributed by atoms with Crippen LogP contribution in [0.15, 0.2) is 18.2 Å². The molecule has 0 aliphatic carbocycles. The van der Waals surface area contributed by atoms with Gasteiger partial charge in [-0.25, -0.2) is 9.59 Å². The molecular weight excluding hydrogens is 220 g/mol. The molecule has 4 nitrogen and oxygen atoms in total. The highest BCUT2D eigenvalue weighted by Crippen LogP contribution is 2.19. The molecule has 0 spiro atoms. The third-order valence-electron chi connectivity index (χ3n) is 2.35. The molecule has 0 unspecified atom stereocenters. The summed E-state index contributed by atoms with van der Waals surface area (Å²) in [5, 5.41) is 0. The lowest BCUT2D eigenvalue weighted by Crippen LogP contribution is -2.08. The summed E-state index contributed by atoms with van der Waals surface area (Å²) in [6.07, 6.45) is 0. The number of carbonyl (C=O) groups excluding carboxylic acids is 2. The molecule has 91 valence electrons. The molecule has 1 radical (unpaired) electrons. The van der Waals surface area contributed by atoms with Gasteiger partial charge < -0.3 is 9.47 Å². The molecular formula is C13H15O4. The highest BCUT2D eigenvalue weighted by Gasteiger charge is 2.14. The zero-order valence-electron chi connectivity index (χ0n) is 10.4. The van der Waals surface area contributed by atoms with Crippen LogP contribution in [0.3, 0.4) is 0 Å². The van der Waals surface area contributed by atoms with E-state index in [2.05, 4.69) is 9.47 Å². The van der Waals surface area contributed by atoms with Gasteiger partial charge in [0.05, 0.1) is 25.3 Å². The van der Waals surface area contributed by atoms with Gasteiger partial charge in [0, 0.05) is 0 Å². The first-order valence-electron chi connectivity index (χ1n) is 5.12. The number of methoxy groups -OCH3 is 2. The van der Waals surface area contributed by atoms with Gasteiger partial charge in [0.1, 0.15) is 0 Å². The Morgan fingerprint density at radius 3 is 1.47 bits per heavy atom. The number of rotatable bonds is 3. The molecule has 1 aromatic carbocycles. The molecule has 0 atom stereocenters. The van der Waals surface area contributed by atoms with Crippen LogP contribution >= 0.6 is 0 Å². The van der Waals surface area contributed by atoms with Crippen LogP contribution in [0.4, 0.5) is 0 Å². The summed E-state index contributed by atoms with van der Waals surface area (Å²) in [4.78, 5) is 22.9. The zero-order chi connectivity index (χ0) is 13.0. The van der Waals surface area contributed by atoms with Crippen LogP contribution in [0.2, 0.25) is 0 Å². The van der Waals surface area contributed by atoms with Crippen LogP contribution in [0.25, 0.3) is 0 Å². The predicted molar refractivity (Wildman–Crippen MR) is 62.8 cm³/mol. The van der Waals surface area contributed by atoms with E-state index in [4.69, 9.17) is 0 Å². The first-order valence-corrected chi connectivity index (χ1v) is 5.12. The van der Waals surface area contributed by atoms with E-state index in [-0.39, 0.29) is 0 Å². The van der Waals surface area contributed by atoms with Crippen molar-refractivity contribution in [2.45, 2.75) is 13.8 Å². The second-order valence-corrected chi connectivity index (χ2v) is 3.78. The standard InChI is InChI=1S/C13H15O4/c1-8(2)9-5-10(12(14)16-3)7-11(6-9)13(15)17-4/h5-7H,1-4H3. The molecule has 0 aliphatic heterocycles. The maximum Gasteiger partial charge on any atom is 0.337 e. The fraction of sp³-hybridized carbons (Fsp3) is 0.308. The number of hydrogen-bond acceptors (Lipinski definition) is 4. The fourth-order valence-corrected chi connectivity index (χ4v) is 1.39. The Balaban J connectivity index is 3.28. The molecule has 0 bridgehead atoms. The van der Waals surface area contributed by atoms with E-state index >= 15 is 0 Å². The van der Waals surface area contributed by atoms with E-state index in [0.717, 1.165) is 11.5 Å². The zero-order valence-corrected chi connectivity index (χ0v) is 10.4. The minimum atomic E-state index is -0.474. The van der Waals surface area contributed by atoms with Crippen LogP contribution in [0.5, 0.6) is 0 Å². The topological polar surface area (TPSA) is 52.6 Å². The average Bonchev–Trinajstić information content (AvgIpc) is 2.36. The van der Waals surface area contributed by atoms with Gasteiger partial charge in [0.25, 0.3) is 0 Å². The summed E-state index contributed by atoms with van der Waals surface area (Å²) in [5.41, 5.74) is 1.49. The van der Waals surface area contributed by atoms with Crippen LogP contribution in [0, 0.1) is 5.92 Å². The monoisotopic (exact) mass is 235 g/mol. The maximum absolute atomic E-state index is 11.5. The van der Waals surface area contributed by atoms with E-state index < -0.39 is 11.9 Å². The van der Waals surface area contributed by atoms with Gasteiger partial charge in [-0.2, -0.15) is 0 Å². The fourth-order valence-electron chi connectivity index (χ4n) is 1.39. The van der Waals surface area contributed by atoms with Gasteiger partial charge in [-0.3, -0.25) is 0 Å². The van der Waals surface area contributed by atoms with Crippen molar-refractivity contribution in [3.63, 3.8) is 0 Å². The Labute approximate surface area is 101 Å². The Kier molecular flexibility index (Phi) is 4.26. The molecule has 0 amide bonds. The number of esters is 2. The van der Waals surface area contributed by atoms with Gasteiger partial charge >= 0.3 is 11.9 Å². The van der Waals surface area contributed by atoms with E-state index in [1.807, 2.05) is 13.8 Å². The van der Waals surface area contributed by atoms with Crippen molar-refractivity contribution in [3.8, 4) is 0 Å². The smallest absolute Gasteiger partial charge is 0.337 e. The van der Waals surface area contributed by atoms with E-state index in [1.165, 1.54) is 20.3 Å². The van der Waals surface area contributed by atoms with Crippen molar-refractivity contribution >= 4 is 11.9 Å². The van der Waals surface area contributed by atoms with Gasteiger partial charge in [0.15, 0.2) is 0 Å². The van der Waals surface area contributed by atoms with Crippen molar-refractivity contribution in [2.75, 3.05) is 14.2 Å². The lowest BCUT2D eigenvalue weighted by atomic mass is 9.97. The van der Waals surface area contributed by atoms with Crippen LogP contribution in [0.1, 0.15) is 40.1 Å². The lowest BCUT2D eigenvalue weighted by Gasteiger charge is -2.09. The molecule has 4 heteroatoms. The number of hydrogen-bond donors (Lipinski definition) is 0. The third-order valence-corrected chi connectivity index (χ3v) is 2.35. The summed E-state index contributed by atoms with van der Waals surface area (Å²) in [7, 11) is 2.60. The highest BCUT2D eigenvalue weighted by atomic mass is 16.5. The Morgan fingerprint density at radius 1 is 0.824 bits per heavy atom. The number of ether oxygens (including phenoxy) is 2. The largest absolute Gasteiger partial charge is 0.465 e. The Morgan fingerprint density at radius 2 is 1.18 bits per heavy atom. The molecule has 0 aliphatic rings. The maximum atomic E-state index is 11.5. The molecule has 0 saturated carbocycles. The van der Waals surface area contributed by atoms with Gasteiger partial charge in [-0.1, -0.05) is 13.8 Å². The summed E-state index contributed by atoms with van der Waals surface area (Å²) < 4.78 is 9.28. The Hall–Kier alpha value is -1.84. The van der Waals surface area contributed by atoms with E-state index in [9.17, 15) is 9.59 Å². The molecule has 17 heavy (non-hydrogen) atoms. The molecule has 0 fully saturated rings. The third kappa shape index (κ3) is 3.06. The predicted octanol–water partition coefficient (Wildman–Crippen LogP) is 2.22. The summed E-state index contributed by atoms with van der Waals surface area (Å²) in [5.74, 6) is 0.0532. The van der Waals surface area contributed by atoms with E-state index in [1.54, 1.807) is 12.1 Å². The normalized spacial score (nSPS) is 10.2. The molecule has 0 aromatic heterocycles. The summed E-state index contributed by atoms with van der Waals surface area (Å²) in [6.45, 7) is 3.80. The van der Waals surface area contributed by atoms with Gasteiger partial charge in [0.2, 0.25) is 0 Å². The van der Waals surface area contributed by atoms with Crippen LogP contribution in [-0.4, -0.2) is 26.2 Å². The first-order chi connectivity index (χ1) is 7.99. The molecule has 0 saturated heterocycles. The van der Waals surface area contributed by atoms with Gasteiger partial charge in [-0.15, -0.1) is 0 Å².